The van der Waals surface area contributed by atoms with Crippen LogP contribution in [0.5, 0.6) is 11.5 Å². The van der Waals surface area contributed by atoms with Crippen molar-refractivity contribution in [2.45, 2.75) is 26.4 Å². The maximum Gasteiger partial charge on any atom is 0.315 e. The molecule has 0 saturated carbocycles. The normalized spacial score (nSPS) is 11.3. The molecule has 27 heavy (non-hydrogen) atoms. The highest BCUT2D eigenvalue weighted by Crippen LogP contribution is 2.27. The van der Waals surface area contributed by atoms with Gasteiger partial charge in [-0.1, -0.05) is 18.2 Å². The molecule has 0 unspecified atom stereocenters. The maximum atomic E-state index is 12.2. The summed E-state index contributed by atoms with van der Waals surface area (Å²) in [5, 5.41) is 8.43. The Morgan fingerprint density at radius 2 is 1.78 bits per heavy atom. The molecule has 0 bridgehead atoms. The molecule has 0 aliphatic heterocycles. The smallest absolute Gasteiger partial charge is 0.315 e. The number of benzene rings is 2. The van der Waals surface area contributed by atoms with E-state index in [1.54, 1.807) is 26.4 Å². The lowest BCUT2D eigenvalue weighted by atomic mass is 10.1. The summed E-state index contributed by atoms with van der Waals surface area (Å²) in [7, 11) is 3.14. The highest BCUT2D eigenvalue weighted by Gasteiger charge is 2.11. The highest BCUT2D eigenvalue weighted by atomic mass is 16.5. The number of carbonyl (C=O) groups excluding carboxylic acids is 2. The molecule has 0 saturated heterocycles. The van der Waals surface area contributed by atoms with Crippen LogP contribution in [0.2, 0.25) is 0 Å². The van der Waals surface area contributed by atoms with Gasteiger partial charge in [-0.15, -0.1) is 0 Å². The molecule has 0 fully saturated rings. The fourth-order valence-electron chi connectivity index (χ4n) is 2.59. The summed E-state index contributed by atoms with van der Waals surface area (Å²) in [5.41, 5.74) is 2.48. The van der Waals surface area contributed by atoms with Crippen LogP contribution in [0.4, 0.5) is 10.5 Å². The van der Waals surface area contributed by atoms with Gasteiger partial charge in [0.1, 0.15) is 0 Å². The van der Waals surface area contributed by atoms with Crippen LogP contribution in [0.15, 0.2) is 42.5 Å². The first-order valence-corrected chi connectivity index (χ1v) is 8.55. The Bertz CT molecular complexity index is 808. The molecule has 2 rings (SSSR count). The number of methoxy groups -OCH3 is 2. The van der Waals surface area contributed by atoms with Gasteiger partial charge in [-0.3, -0.25) is 4.79 Å². The molecule has 1 atom stereocenters. The van der Waals surface area contributed by atoms with Gasteiger partial charge in [0.2, 0.25) is 5.91 Å². The van der Waals surface area contributed by atoms with E-state index in [9.17, 15) is 9.59 Å². The van der Waals surface area contributed by atoms with E-state index in [2.05, 4.69) is 16.0 Å². The van der Waals surface area contributed by atoms with E-state index < -0.39 is 0 Å². The molecule has 7 nitrogen and oxygen atoms in total. The second kappa shape index (κ2) is 9.47. The molecule has 2 aromatic carbocycles. The van der Waals surface area contributed by atoms with E-state index >= 15 is 0 Å². The third-order valence-electron chi connectivity index (χ3n) is 3.96. The number of hydrogen-bond donors (Lipinski definition) is 3. The van der Waals surface area contributed by atoms with E-state index in [1.165, 1.54) is 6.92 Å². The largest absolute Gasteiger partial charge is 0.493 e. The molecule has 0 radical (unpaired) electrons. The Kier molecular flexibility index (Phi) is 7.05. The quantitative estimate of drug-likeness (QED) is 0.697. The SMILES string of the molecule is COc1ccc(CNC(=O)N[C@@H](C)c2cccc(NC(C)=O)c2)cc1OC. The number of urea groups is 1. The van der Waals surface area contributed by atoms with Gasteiger partial charge in [-0.05, 0) is 42.3 Å². The summed E-state index contributed by atoms with van der Waals surface area (Å²) in [4.78, 5) is 23.4. The summed E-state index contributed by atoms with van der Waals surface area (Å²) < 4.78 is 10.5. The number of ether oxygens (including phenoxy) is 2. The van der Waals surface area contributed by atoms with Crippen LogP contribution in [-0.4, -0.2) is 26.2 Å². The number of rotatable bonds is 7. The number of amides is 3. The van der Waals surface area contributed by atoms with E-state index in [1.807, 2.05) is 37.3 Å². The summed E-state index contributed by atoms with van der Waals surface area (Å²) >= 11 is 0. The molecular formula is C20H25N3O4. The molecule has 3 N–H and O–H groups in total. The summed E-state index contributed by atoms with van der Waals surface area (Å²) in [6.07, 6.45) is 0. The fraction of sp³-hybridized carbons (Fsp3) is 0.300. The molecule has 2 aromatic rings. The molecule has 0 heterocycles. The van der Waals surface area contributed by atoms with Gasteiger partial charge in [0.05, 0.1) is 20.3 Å². The van der Waals surface area contributed by atoms with Gasteiger partial charge in [0.25, 0.3) is 0 Å². The second-order valence-corrected chi connectivity index (χ2v) is 6.04. The molecular weight excluding hydrogens is 346 g/mol. The third kappa shape index (κ3) is 5.91. The van der Waals surface area contributed by atoms with Crippen LogP contribution in [-0.2, 0) is 11.3 Å². The van der Waals surface area contributed by atoms with E-state index in [0.29, 0.717) is 23.7 Å². The van der Waals surface area contributed by atoms with Crippen molar-refractivity contribution < 1.29 is 19.1 Å². The molecule has 0 aliphatic rings. The van der Waals surface area contributed by atoms with Crippen molar-refractivity contribution in [2.24, 2.45) is 0 Å². The zero-order chi connectivity index (χ0) is 19.8. The lowest BCUT2D eigenvalue weighted by molar-refractivity contribution is -0.114. The Morgan fingerprint density at radius 3 is 2.44 bits per heavy atom. The average Bonchev–Trinajstić information content (AvgIpc) is 2.65. The van der Waals surface area contributed by atoms with Crippen molar-refractivity contribution in [3.63, 3.8) is 0 Å². The Labute approximate surface area is 159 Å². The highest BCUT2D eigenvalue weighted by molar-refractivity contribution is 5.88. The molecule has 7 heteroatoms. The zero-order valence-electron chi connectivity index (χ0n) is 16.0. The van der Waals surface area contributed by atoms with E-state index in [4.69, 9.17) is 9.47 Å². The van der Waals surface area contributed by atoms with Crippen LogP contribution >= 0.6 is 0 Å². The predicted molar refractivity (Wildman–Crippen MR) is 104 cm³/mol. The Morgan fingerprint density at radius 1 is 1.04 bits per heavy atom. The number of nitrogens with one attached hydrogen (secondary N) is 3. The van der Waals surface area contributed by atoms with E-state index in [-0.39, 0.29) is 18.0 Å². The Hall–Kier alpha value is -3.22. The molecule has 0 spiro atoms. The van der Waals surface area contributed by atoms with Gasteiger partial charge in [0.15, 0.2) is 11.5 Å². The van der Waals surface area contributed by atoms with Crippen molar-refractivity contribution >= 4 is 17.6 Å². The summed E-state index contributed by atoms with van der Waals surface area (Å²) in [5.74, 6) is 1.11. The number of hydrogen-bond acceptors (Lipinski definition) is 4. The van der Waals surface area contributed by atoms with Gasteiger partial charge in [-0.2, -0.15) is 0 Å². The lowest BCUT2D eigenvalue weighted by Gasteiger charge is -2.16. The van der Waals surface area contributed by atoms with Crippen LogP contribution in [0.25, 0.3) is 0 Å². The van der Waals surface area contributed by atoms with Crippen LogP contribution < -0.4 is 25.4 Å². The second-order valence-electron chi connectivity index (χ2n) is 6.04. The average molecular weight is 371 g/mol. The minimum absolute atomic E-state index is 0.138. The van der Waals surface area contributed by atoms with Crippen molar-refractivity contribution in [1.82, 2.24) is 10.6 Å². The molecule has 3 amide bonds. The number of anilines is 1. The van der Waals surface area contributed by atoms with Gasteiger partial charge < -0.3 is 25.4 Å². The van der Waals surface area contributed by atoms with Crippen molar-refractivity contribution in [2.75, 3.05) is 19.5 Å². The number of carbonyl (C=O) groups is 2. The van der Waals surface area contributed by atoms with Gasteiger partial charge in [-0.25, -0.2) is 4.79 Å². The minimum atomic E-state index is -0.290. The minimum Gasteiger partial charge on any atom is -0.493 e. The monoisotopic (exact) mass is 371 g/mol. The first-order chi connectivity index (χ1) is 12.9. The summed E-state index contributed by atoms with van der Waals surface area (Å²) in [6, 6.07) is 12.3. The van der Waals surface area contributed by atoms with Crippen LogP contribution in [0, 0.1) is 0 Å². The Balaban J connectivity index is 1.92. The fourth-order valence-corrected chi connectivity index (χ4v) is 2.59. The lowest BCUT2D eigenvalue weighted by Crippen LogP contribution is -2.36. The van der Waals surface area contributed by atoms with Gasteiger partial charge >= 0.3 is 6.03 Å². The zero-order valence-corrected chi connectivity index (χ0v) is 16.0. The van der Waals surface area contributed by atoms with Crippen molar-refractivity contribution in [1.29, 1.82) is 0 Å². The van der Waals surface area contributed by atoms with Crippen molar-refractivity contribution in [3.05, 3.63) is 53.6 Å². The predicted octanol–water partition coefficient (Wildman–Crippen LogP) is 3.22. The topological polar surface area (TPSA) is 88.7 Å². The first-order valence-electron chi connectivity index (χ1n) is 8.55. The molecule has 0 aromatic heterocycles. The molecule has 144 valence electrons. The summed E-state index contributed by atoms with van der Waals surface area (Å²) in [6.45, 7) is 3.68. The van der Waals surface area contributed by atoms with Crippen molar-refractivity contribution in [3.8, 4) is 11.5 Å². The molecule has 0 aliphatic carbocycles. The van der Waals surface area contributed by atoms with E-state index in [0.717, 1.165) is 11.1 Å². The standard InChI is InChI=1S/C20H25N3O4/c1-13(16-6-5-7-17(11-16)23-14(2)24)22-20(25)21-12-15-8-9-18(26-3)19(10-15)27-4/h5-11,13H,12H2,1-4H3,(H,23,24)(H2,21,22,25)/t13-/m0/s1. The van der Waals surface area contributed by atoms with Gasteiger partial charge in [0, 0.05) is 19.2 Å². The van der Waals surface area contributed by atoms with Crippen LogP contribution in [0.1, 0.15) is 31.0 Å². The maximum absolute atomic E-state index is 12.2. The van der Waals surface area contributed by atoms with Crippen LogP contribution in [0.3, 0.4) is 0 Å². The third-order valence-corrected chi connectivity index (χ3v) is 3.96. The first kappa shape index (κ1) is 20.1.